The van der Waals surface area contributed by atoms with Crippen LogP contribution in [0.15, 0.2) is 0 Å². The molecule has 2 fully saturated rings. The lowest BCUT2D eigenvalue weighted by Gasteiger charge is -2.26. The first-order valence-electron chi connectivity index (χ1n) is 6.64. The number of hydrogen-bond donors (Lipinski definition) is 2. The monoisotopic (exact) mass is 313 g/mol. The van der Waals surface area contributed by atoms with Gasteiger partial charge in [-0.2, -0.15) is 0 Å². The summed E-state index contributed by atoms with van der Waals surface area (Å²) in [5.74, 6) is 0.0765. The van der Waals surface area contributed by atoms with Gasteiger partial charge in [0.1, 0.15) is 6.04 Å². The van der Waals surface area contributed by atoms with Crippen molar-refractivity contribution < 1.29 is 9.53 Å². The van der Waals surface area contributed by atoms with E-state index in [4.69, 9.17) is 4.74 Å². The zero-order valence-corrected chi connectivity index (χ0v) is 13.0. The third-order valence-corrected chi connectivity index (χ3v) is 3.66. The van der Waals surface area contributed by atoms with E-state index in [0.29, 0.717) is 19.3 Å². The quantitative estimate of drug-likeness (QED) is 0.790. The highest BCUT2D eigenvalue weighted by molar-refractivity contribution is 5.85. The zero-order valence-electron chi connectivity index (χ0n) is 11.4. The molecule has 0 bridgehead atoms. The second kappa shape index (κ2) is 9.77. The number of likely N-dealkylation sites (tertiary alicyclic amines) is 1. The molecule has 0 aromatic carbocycles. The maximum atomic E-state index is 11.9. The third kappa shape index (κ3) is 5.44. The summed E-state index contributed by atoms with van der Waals surface area (Å²) in [5, 5.41) is 6.20. The maximum Gasteiger partial charge on any atom is 0.239 e. The second-order valence-electron chi connectivity index (χ2n) is 4.75. The Balaban J connectivity index is 0.00000162. The average Bonchev–Trinajstić information content (AvgIpc) is 2.84. The van der Waals surface area contributed by atoms with Gasteiger partial charge in [-0.1, -0.05) is 6.92 Å². The number of rotatable bonds is 4. The van der Waals surface area contributed by atoms with Crippen LogP contribution in [0.5, 0.6) is 0 Å². The molecular weight excluding hydrogens is 289 g/mol. The highest BCUT2D eigenvalue weighted by atomic mass is 35.5. The normalized spacial score (nSPS) is 27.2. The van der Waals surface area contributed by atoms with Crippen molar-refractivity contribution in [3.05, 3.63) is 0 Å². The molecule has 1 amide bonds. The molecule has 2 saturated heterocycles. The van der Waals surface area contributed by atoms with Gasteiger partial charge in [0.25, 0.3) is 0 Å². The van der Waals surface area contributed by atoms with E-state index in [-0.39, 0.29) is 36.8 Å². The lowest BCUT2D eigenvalue weighted by molar-refractivity contribution is -0.126. The van der Waals surface area contributed by atoms with Gasteiger partial charge in [-0.15, -0.1) is 24.8 Å². The predicted octanol–water partition coefficient (Wildman–Crippen LogP) is 0.419. The van der Waals surface area contributed by atoms with Gasteiger partial charge >= 0.3 is 0 Å². The molecular formula is C12H25Cl2N3O2. The molecule has 0 radical (unpaired) electrons. The Morgan fingerprint density at radius 2 is 2.26 bits per heavy atom. The molecule has 7 heteroatoms. The van der Waals surface area contributed by atoms with E-state index in [1.54, 1.807) is 0 Å². The Hall–Kier alpha value is -0.0700. The Labute approximate surface area is 127 Å². The molecule has 2 N–H and O–H groups in total. The number of amides is 1. The fourth-order valence-corrected chi connectivity index (χ4v) is 2.62. The second-order valence-corrected chi connectivity index (χ2v) is 4.75. The van der Waals surface area contributed by atoms with Crippen molar-refractivity contribution in [2.45, 2.75) is 31.8 Å². The smallest absolute Gasteiger partial charge is 0.239 e. The van der Waals surface area contributed by atoms with Crippen LogP contribution in [-0.4, -0.2) is 62.3 Å². The third-order valence-electron chi connectivity index (χ3n) is 3.66. The van der Waals surface area contributed by atoms with Crippen LogP contribution < -0.4 is 10.6 Å². The lowest BCUT2D eigenvalue weighted by Crippen LogP contribution is -2.53. The van der Waals surface area contributed by atoms with E-state index in [2.05, 4.69) is 22.5 Å². The molecule has 2 rings (SSSR count). The standard InChI is InChI=1S/C12H23N3O2.2ClH/c1-2-15-6-3-4-10(15)8-14-12(16)11-9-17-7-5-13-11;;/h10-11,13H,2-9H2,1H3,(H,14,16);2*1H. The highest BCUT2D eigenvalue weighted by Gasteiger charge is 2.25. The van der Waals surface area contributed by atoms with Crippen LogP contribution in [-0.2, 0) is 9.53 Å². The minimum absolute atomic E-state index is 0. The van der Waals surface area contributed by atoms with Gasteiger partial charge in [-0.3, -0.25) is 9.69 Å². The number of likely N-dealkylation sites (N-methyl/N-ethyl adjacent to an activating group) is 1. The summed E-state index contributed by atoms with van der Waals surface area (Å²) in [5.41, 5.74) is 0. The first-order chi connectivity index (χ1) is 8.31. The summed E-state index contributed by atoms with van der Waals surface area (Å²) in [6, 6.07) is 0.355. The molecule has 2 unspecified atom stereocenters. The molecule has 2 heterocycles. The number of nitrogens with zero attached hydrogens (tertiary/aromatic N) is 1. The minimum atomic E-state index is -0.166. The van der Waals surface area contributed by atoms with Crippen LogP contribution in [0.4, 0.5) is 0 Å². The SMILES string of the molecule is CCN1CCCC1CNC(=O)C1COCCN1.Cl.Cl. The van der Waals surface area contributed by atoms with Crippen molar-refractivity contribution in [1.29, 1.82) is 0 Å². The number of morpholine rings is 1. The van der Waals surface area contributed by atoms with Gasteiger partial charge in [0.15, 0.2) is 0 Å². The highest BCUT2D eigenvalue weighted by Crippen LogP contribution is 2.15. The molecule has 0 aromatic rings. The van der Waals surface area contributed by atoms with Crippen molar-refractivity contribution in [3.63, 3.8) is 0 Å². The van der Waals surface area contributed by atoms with E-state index in [1.807, 2.05) is 0 Å². The van der Waals surface area contributed by atoms with Crippen molar-refractivity contribution in [3.8, 4) is 0 Å². The fourth-order valence-electron chi connectivity index (χ4n) is 2.62. The summed E-state index contributed by atoms with van der Waals surface area (Å²) in [6.45, 7) is 7.15. The minimum Gasteiger partial charge on any atom is -0.378 e. The van der Waals surface area contributed by atoms with Crippen LogP contribution in [0.1, 0.15) is 19.8 Å². The Morgan fingerprint density at radius 3 is 2.89 bits per heavy atom. The molecule has 114 valence electrons. The number of nitrogens with one attached hydrogen (secondary N) is 2. The number of ether oxygens (including phenoxy) is 1. The topological polar surface area (TPSA) is 53.6 Å². The van der Waals surface area contributed by atoms with E-state index in [1.165, 1.54) is 19.4 Å². The predicted molar refractivity (Wildman–Crippen MR) is 80.4 cm³/mol. The Kier molecular flexibility index (Phi) is 9.74. The van der Waals surface area contributed by atoms with Crippen LogP contribution >= 0.6 is 24.8 Å². The summed E-state index contributed by atoms with van der Waals surface area (Å²) in [4.78, 5) is 14.3. The molecule has 0 spiro atoms. The summed E-state index contributed by atoms with van der Waals surface area (Å²) >= 11 is 0. The summed E-state index contributed by atoms with van der Waals surface area (Å²) in [6.07, 6.45) is 2.45. The fraction of sp³-hybridized carbons (Fsp3) is 0.917. The molecule has 0 aliphatic carbocycles. The van der Waals surface area contributed by atoms with Crippen molar-refractivity contribution in [1.82, 2.24) is 15.5 Å². The summed E-state index contributed by atoms with van der Waals surface area (Å²) < 4.78 is 5.28. The van der Waals surface area contributed by atoms with Crippen molar-refractivity contribution >= 4 is 30.7 Å². The first-order valence-corrected chi connectivity index (χ1v) is 6.64. The van der Waals surface area contributed by atoms with Gasteiger partial charge in [0, 0.05) is 19.1 Å². The van der Waals surface area contributed by atoms with Crippen LogP contribution in [0, 0.1) is 0 Å². The number of carbonyl (C=O) groups excluding carboxylic acids is 1. The van der Waals surface area contributed by atoms with Gasteiger partial charge in [0.2, 0.25) is 5.91 Å². The van der Waals surface area contributed by atoms with E-state index >= 15 is 0 Å². The number of halogens is 2. The molecule has 0 aromatic heterocycles. The Morgan fingerprint density at radius 1 is 1.47 bits per heavy atom. The molecule has 2 aliphatic heterocycles. The molecule has 0 saturated carbocycles. The van der Waals surface area contributed by atoms with E-state index in [0.717, 1.165) is 19.6 Å². The van der Waals surface area contributed by atoms with Crippen LogP contribution in [0.3, 0.4) is 0 Å². The average molecular weight is 314 g/mol. The molecule has 5 nitrogen and oxygen atoms in total. The molecule has 2 aliphatic rings. The molecule has 2 atom stereocenters. The van der Waals surface area contributed by atoms with Gasteiger partial charge in [-0.05, 0) is 25.9 Å². The van der Waals surface area contributed by atoms with Crippen molar-refractivity contribution in [2.24, 2.45) is 0 Å². The largest absolute Gasteiger partial charge is 0.378 e. The van der Waals surface area contributed by atoms with Crippen molar-refractivity contribution in [2.75, 3.05) is 39.4 Å². The van der Waals surface area contributed by atoms with E-state index < -0.39 is 0 Å². The van der Waals surface area contributed by atoms with Crippen LogP contribution in [0.25, 0.3) is 0 Å². The maximum absolute atomic E-state index is 11.9. The van der Waals surface area contributed by atoms with Gasteiger partial charge in [-0.25, -0.2) is 0 Å². The number of hydrogen-bond acceptors (Lipinski definition) is 4. The van der Waals surface area contributed by atoms with Crippen LogP contribution in [0.2, 0.25) is 0 Å². The zero-order chi connectivity index (χ0) is 12.1. The van der Waals surface area contributed by atoms with Gasteiger partial charge < -0.3 is 15.4 Å². The molecule has 19 heavy (non-hydrogen) atoms. The van der Waals surface area contributed by atoms with E-state index in [9.17, 15) is 4.79 Å². The first kappa shape index (κ1) is 18.9. The Bertz CT molecular complexity index is 263. The summed E-state index contributed by atoms with van der Waals surface area (Å²) in [7, 11) is 0. The lowest BCUT2D eigenvalue weighted by atomic mass is 10.2. The van der Waals surface area contributed by atoms with Gasteiger partial charge in [0.05, 0.1) is 13.2 Å². The number of carbonyl (C=O) groups is 1.